The number of hydrogen-bond acceptors (Lipinski definition) is 3. The molecule has 0 unspecified atom stereocenters. The molecule has 1 aromatic heterocycles. The van der Waals surface area contributed by atoms with Gasteiger partial charge >= 0.3 is 0 Å². The first-order chi connectivity index (χ1) is 9.56. The summed E-state index contributed by atoms with van der Waals surface area (Å²) in [6.45, 7) is 1.66. The van der Waals surface area contributed by atoms with E-state index in [1.54, 1.807) is 49.6 Å². The van der Waals surface area contributed by atoms with E-state index in [9.17, 15) is 4.79 Å². The van der Waals surface area contributed by atoms with E-state index in [0.717, 1.165) is 4.47 Å². The molecule has 0 aliphatic heterocycles. The van der Waals surface area contributed by atoms with Crippen molar-refractivity contribution in [2.75, 3.05) is 5.32 Å². The molecule has 1 N–H and O–H groups in total. The predicted octanol–water partition coefficient (Wildman–Crippen LogP) is 3.90. The second kappa shape index (κ2) is 6.72. The van der Waals surface area contributed by atoms with Crippen LogP contribution in [0.1, 0.15) is 6.92 Å². The Morgan fingerprint density at radius 2 is 2.05 bits per heavy atom. The van der Waals surface area contributed by atoms with Crippen LogP contribution in [0.4, 0.5) is 5.69 Å². The van der Waals surface area contributed by atoms with E-state index in [1.807, 2.05) is 0 Å². The van der Waals surface area contributed by atoms with Crippen molar-refractivity contribution in [3.8, 4) is 5.75 Å². The first-order valence-corrected chi connectivity index (χ1v) is 7.06. The summed E-state index contributed by atoms with van der Waals surface area (Å²) in [4.78, 5) is 15.9. The maximum atomic E-state index is 12.0. The molecule has 6 heteroatoms. The minimum absolute atomic E-state index is 0.254. The highest BCUT2D eigenvalue weighted by Crippen LogP contribution is 2.28. The quantitative estimate of drug-likeness (QED) is 0.905. The van der Waals surface area contributed by atoms with Gasteiger partial charge in [-0.25, -0.2) is 0 Å². The molecule has 104 valence electrons. The Balaban J connectivity index is 2.00. The highest BCUT2D eigenvalue weighted by atomic mass is 79.9. The van der Waals surface area contributed by atoms with E-state index >= 15 is 0 Å². The van der Waals surface area contributed by atoms with Crippen LogP contribution in [-0.2, 0) is 4.79 Å². The average Bonchev–Trinajstić information content (AvgIpc) is 2.43. The number of anilines is 1. The molecule has 0 fully saturated rings. The standard InChI is InChI=1S/C14H12BrClN2O2/c1-9(14(19)18-11-4-6-17-7-5-11)20-13-3-2-10(15)8-12(13)16/h2-9H,1H3,(H,17,18,19)/t9-/m1/s1. The van der Waals surface area contributed by atoms with Gasteiger partial charge in [0.05, 0.1) is 5.02 Å². The zero-order valence-corrected chi connectivity index (χ0v) is 13.0. The summed E-state index contributed by atoms with van der Waals surface area (Å²) < 4.78 is 6.40. The van der Waals surface area contributed by atoms with Gasteiger partial charge in [0.15, 0.2) is 6.10 Å². The summed E-state index contributed by atoms with van der Waals surface area (Å²) in [5.41, 5.74) is 0.669. The first kappa shape index (κ1) is 14.8. The van der Waals surface area contributed by atoms with Crippen LogP contribution in [0, 0.1) is 0 Å². The third-order valence-corrected chi connectivity index (χ3v) is 3.30. The van der Waals surface area contributed by atoms with Gasteiger partial charge in [-0.15, -0.1) is 0 Å². The number of amides is 1. The summed E-state index contributed by atoms with van der Waals surface area (Å²) in [5, 5.41) is 3.18. The number of hydrogen-bond donors (Lipinski definition) is 1. The van der Waals surface area contributed by atoms with Crippen LogP contribution in [0.3, 0.4) is 0 Å². The van der Waals surface area contributed by atoms with Crippen LogP contribution in [0.5, 0.6) is 5.75 Å². The van der Waals surface area contributed by atoms with Crippen molar-refractivity contribution in [1.82, 2.24) is 4.98 Å². The van der Waals surface area contributed by atoms with Crippen molar-refractivity contribution in [2.24, 2.45) is 0 Å². The minimum Gasteiger partial charge on any atom is -0.479 e. The molecule has 4 nitrogen and oxygen atoms in total. The van der Waals surface area contributed by atoms with E-state index in [1.165, 1.54) is 0 Å². The van der Waals surface area contributed by atoms with Crippen molar-refractivity contribution < 1.29 is 9.53 Å². The summed E-state index contributed by atoms with van der Waals surface area (Å²) in [6, 6.07) is 8.64. The topological polar surface area (TPSA) is 51.2 Å². The Morgan fingerprint density at radius 1 is 1.35 bits per heavy atom. The molecule has 1 atom stereocenters. The zero-order valence-electron chi connectivity index (χ0n) is 10.6. The molecule has 2 aromatic rings. The summed E-state index contributed by atoms with van der Waals surface area (Å²) in [7, 11) is 0. The molecule has 0 aliphatic carbocycles. The minimum atomic E-state index is -0.665. The van der Waals surface area contributed by atoms with E-state index in [-0.39, 0.29) is 5.91 Å². The van der Waals surface area contributed by atoms with Crippen LogP contribution in [-0.4, -0.2) is 17.0 Å². The van der Waals surface area contributed by atoms with Gasteiger partial charge in [-0.1, -0.05) is 27.5 Å². The van der Waals surface area contributed by atoms with Crippen molar-refractivity contribution in [3.63, 3.8) is 0 Å². The van der Waals surface area contributed by atoms with Gasteiger partial charge in [0.2, 0.25) is 0 Å². The van der Waals surface area contributed by atoms with Crippen LogP contribution in [0.2, 0.25) is 5.02 Å². The van der Waals surface area contributed by atoms with Gasteiger partial charge in [-0.3, -0.25) is 9.78 Å². The van der Waals surface area contributed by atoms with Crippen LogP contribution in [0.25, 0.3) is 0 Å². The van der Waals surface area contributed by atoms with Gasteiger partial charge < -0.3 is 10.1 Å². The lowest BCUT2D eigenvalue weighted by Gasteiger charge is -2.15. The normalized spacial score (nSPS) is 11.8. The molecule has 2 rings (SSSR count). The lowest BCUT2D eigenvalue weighted by molar-refractivity contribution is -0.122. The number of aromatic nitrogens is 1. The van der Waals surface area contributed by atoms with Gasteiger partial charge in [-0.2, -0.15) is 0 Å². The van der Waals surface area contributed by atoms with Crippen LogP contribution >= 0.6 is 27.5 Å². The van der Waals surface area contributed by atoms with Crippen LogP contribution in [0.15, 0.2) is 47.2 Å². The third-order valence-electron chi connectivity index (χ3n) is 2.51. The lowest BCUT2D eigenvalue weighted by atomic mass is 10.3. The Kier molecular flexibility index (Phi) is 4.98. The fourth-order valence-electron chi connectivity index (χ4n) is 1.49. The van der Waals surface area contributed by atoms with E-state index in [2.05, 4.69) is 26.2 Å². The number of nitrogens with one attached hydrogen (secondary N) is 1. The maximum Gasteiger partial charge on any atom is 0.265 e. The second-order valence-corrected chi connectivity index (χ2v) is 5.38. The van der Waals surface area contributed by atoms with Gasteiger partial charge in [-0.05, 0) is 37.3 Å². The van der Waals surface area contributed by atoms with Crippen molar-refractivity contribution in [3.05, 3.63) is 52.2 Å². The monoisotopic (exact) mass is 354 g/mol. The maximum absolute atomic E-state index is 12.0. The van der Waals surface area contributed by atoms with Crippen molar-refractivity contribution >= 4 is 39.1 Å². The lowest BCUT2D eigenvalue weighted by Crippen LogP contribution is -2.30. The molecule has 0 saturated heterocycles. The Morgan fingerprint density at radius 3 is 2.70 bits per heavy atom. The zero-order chi connectivity index (χ0) is 14.5. The fraction of sp³-hybridized carbons (Fsp3) is 0.143. The van der Waals surface area contributed by atoms with Crippen molar-refractivity contribution in [2.45, 2.75) is 13.0 Å². The van der Waals surface area contributed by atoms with E-state index < -0.39 is 6.10 Å². The molecule has 1 heterocycles. The number of ether oxygens (including phenoxy) is 1. The second-order valence-electron chi connectivity index (χ2n) is 4.06. The molecule has 0 bridgehead atoms. The van der Waals surface area contributed by atoms with Gasteiger partial charge in [0.1, 0.15) is 5.75 Å². The molecule has 1 amide bonds. The van der Waals surface area contributed by atoms with E-state index in [0.29, 0.717) is 16.5 Å². The van der Waals surface area contributed by atoms with Crippen LogP contribution < -0.4 is 10.1 Å². The number of benzene rings is 1. The molecular formula is C14H12BrClN2O2. The molecule has 0 spiro atoms. The fourth-order valence-corrected chi connectivity index (χ4v) is 2.21. The summed E-state index contributed by atoms with van der Waals surface area (Å²) >= 11 is 9.35. The smallest absolute Gasteiger partial charge is 0.265 e. The Bertz CT molecular complexity index is 607. The number of carbonyl (C=O) groups excluding carboxylic acids is 1. The highest BCUT2D eigenvalue weighted by molar-refractivity contribution is 9.10. The number of nitrogens with zero attached hydrogens (tertiary/aromatic N) is 1. The number of rotatable bonds is 4. The third kappa shape index (κ3) is 3.95. The van der Waals surface area contributed by atoms with Gasteiger partial charge in [0.25, 0.3) is 5.91 Å². The van der Waals surface area contributed by atoms with Crippen molar-refractivity contribution in [1.29, 1.82) is 0 Å². The van der Waals surface area contributed by atoms with Gasteiger partial charge in [0, 0.05) is 22.6 Å². The molecule has 0 radical (unpaired) electrons. The molecule has 0 saturated carbocycles. The number of halogens is 2. The Hall–Kier alpha value is -1.59. The largest absolute Gasteiger partial charge is 0.479 e. The average molecular weight is 356 g/mol. The highest BCUT2D eigenvalue weighted by Gasteiger charge is 2.16. The molecular weight excluding hydrogens is 344 g/mol. The summed E-state index contributed by atoms with van der Waals surface area (Å²) in [6.07, 6.45) is 2.54. The molecule has 20 heavy (non-hydrogen) atoms. The predicted molar refractivity (Wildman–Crippen MR) is 82.1 cm³/mol. The number of pyridine rings is 1. The molecule has 1 aromatic carbocycles. The number of carbonyl (C=O) groups is 1. The SMILES string of the molecule is C[C@@H](Oc1ccc(Br)cc1Cl)C(=O)Nc1ccncc1. The van der Waals surface area contributed by atoms with E-state index in [4.69, 9.17) is 16.3 Å². The molecule has 0 aliphatic rings. The summed E-state index contributed by atoms with van der Waals surface area (Å²) in [5.74, 6) is 0.211. The Labute approximate surface area is 130 Å². The first-order valence-electron chi connectivity index (χ1n) is 5.89.